The van der Waals surface area contributed by atoms with Gasteiger partial charge < -0.3 is 14.8 Å². The van der Waals surface area contributed by atoms with Crippen molar-refractivity contribution in [1.29, 1.82) is 0 Å². The van der Waals surface area contributed by atoms with Gasteiger partial charge in [-0.05, 0) is 47.5 Å². The summed E-state index contributed by atoms with van der Waals surface area (Å²) in [5.74, 6) is 2.01. The highest BCUT2D eigenvalue weighted by atomic mass is 32.2. The molecular formula is C24H21NO3S3. The lowest BCUT2D eigenvalue weighted by Crippen LogP contribution is -2.17. The van der Waals surface area contributed by atoms with Gasteiger partial charge in [0.05, 0.1) is 18.1 Å². The number of ether oxygens (including phenoxy) is 2. The summed E-state index contributed by atoms with van der Waals surface area (Å²) >= 11 is 8.08. The van der Waals surface area contributed by atoms with Crippen LogP contribution < -0.4 is 14.8 Å². The maximum atomic E-state index is 11.9. The standard InChI is InChI=1S/C24H21NO3S3/c1-2-27-20-14-16(15-22-23(26)25-24(29)31-22)10-11-19(20)28-12-13-30-21-9-5-7-17-6-3-4-8-18(17)21/h3-11,14-15H,2,12-13H2,1H3,(H,25,26,29). The van der Waals surface area contributed by atoms with Gasteiger partial charge in [-0.25, -0.2) is 0 Å². The molecular weight excluding hydrogens is 446 g/mol. The maximum absolute atomic E-state index is 11.9. The van der Waals surface area contributed by atoms with Crippen LogP contribution in [0.5, 0.6) is 11.5 Å². The monoisotopic (exact) mass is 467 g/mol. The second-order valence-corrected chi connectivity index (χ2v) is 9.52. The zero-order valence-corrected chi connectivity index (χ0v) is 19.4. The van der Waals surface area contributed by atoms with Gasteiger partial charge in [0, 0.05) is 10.6 Å². The Morgan fingerprint density at radius 1 is 1.06 bits per heavy atom. The number of thiocarbonyl (C=S) groups is 1. The van der Waals surface area contributed by atoms with Crippen molar-refractivity contribution in [1.82, 2.24) is 5.32 Å². The summed E-state index contributed by atoms with van der Waals surface area (Å²) in [6.07, 6.45) is 1.81. The van der Waals surface area contributed by atoms with E-state index >= 15 is 0 Å². The van der Waals surface area contributed by atoms with E-state index in [4.69, 9.17) is 21.7 Å². The quantitative estimate of drug-likeness (QED) is 0.193. The van der Waals surface area contributed by atoms with Crippen LogP contribution in [0.1, 0.15) is 12.5 Å². The Morgan fingerprint density at radius 2 is 1.90 bits per heavy atom. The van der Waals surface area contributed by atoms with Gasteiger partial charge in [0.2, 0.25) is 0 Å². The van der Waals surface area contributed by atoms with E-state index in [1.54, 1.807) is 11.8 Å². The second-order valence-electron chi connectivity index (χ2n) is 6.67. The fourth-order valence-electron chi connectivity index (χ4n) is 3.20. The van der Waals surface area contributed by atoms with Gasteiger partial charge in [0.25, 0.3) is 5.91 Å². The Bertz CT molecular complexity index is 1150. The Kier molecular flexibility index (Phi) is 7.17. The summed E-state index contributed by atoms with van der Waals surface area (Å²) in [4.78, 5) is 13.7. The van der Waals surface area contributed by atoms with Gasteiger partial charge in [-0.15, -0.1) is 11.8 Å². The molecule has 1 amide bonds. The molecule has 0 unspecified atom stereocenters. The molecule has 1 saturated heterocycles. The fraction of sp³-hybridized carbons (Fsp3) is 0.167. The van der Waals surface area contributed by atoms with Crippen LogP contribution in [-0.2, 0) is 4.79 Å². The highest BCUT2D eigenvalue weighted by molar-refractivity contribution is 8.26. The molecule has 1 heterocycles. The minimum absolute atomic E-state index is 0.168. The Labute approximate surface area is 195 Å². The number of thioether (sulfide) groups is 2. The van der Waals surface area contributed by atoms with E-state index in [0.29, 0.717) is 33.9 Å². The van der Waals surface area contributed by atoms with Crippen molar-refractivity contribution >= 4 is 62.8 Å². The van der Waals surface area contributed by atoms with E-state index in [2.05, 4.69) is 47.8 Å². The van der Waals surface area contributed by atoms with Crippen LogP contribution in [0.3, 0.4) is 0 Å². The molecule has 1 aliphatic heterocycles. The number of nitrogens with one attached hydrogen (secondary N) is 1. The molecule has 3 aromatic carbocycles. The normalized spacial score (nSPS) is 14.8. The lowest BCUT2D eigenvalue weighted by molar-refractivity contribution is -0.115. The predicted molar refractivity (Wildman–Crippen MR) is 134 cm³/mol. The molecule has 31 heavy (non-hydrogen) atoms. The summed E-state index contributed by atoms with van der Waals surface area (Å²) in [7, 11) is 0. The minimum atomic E-state index is -0.168. The van der Waals surface area contributed by atoms with Gasteiger partial charge in [-0.1, -0.05) is 66.4 Å². The second kappa shape index (κ2) is 10.2. The SMILES string of the molecule is CCOc1cc(C=C2SC(=S)NC2=O)ccc1OCCSc1cccc2ccccc12. The first-order valence-electron chi connectivity index (χ1n) is 9.89. The Balaban J connectivity index is 1.41. The number of carbonyl (C=O) groups is 1. The molecule has 0 bridgehead atoms. The smallest absolute Gasteiger partial charge is 0.263 e. The number of hydrogen-bond donors (Lipinski definition) is 1. The summed E-state index contributed by atoms with van der Waals surface area (Å²) < 4.78 is 12.3. The summed E-state index contributed by atoms with van der Waals surface area (Å²) in [5, 5.41) is 5.13. The third kappa shape index (κ3) is 5.42. The molecule has 4 rings (SSSR count). The third-order valence-electron chi connectivity index (χ3n) is 4.56. The predicted octanol–water partition coefficient (Wildman–Crippen LogP) is 5.90. The van der Waals surface area contributed by atoms with Crippen molar-refractivity contribution in [2.45, 2.75) is 11.8 Å². The highest BCUT2D eigenvalue weighted by Crippen LogP contribution is 2.33. The molecule has 1 N–H and O–H groups in total. The Hall–Kier alpha value is -2.48. The molecule has 1 fully saturated rings. The third-order valence-corrected chi connectivity index (χ3v) is 6.76. The minimum Gasteiger partial charge on any atom is -0.490 e. The number of benzene rings is 3. The van der Waals surface area contributed by atoms with Crippen molar-refractivity contribution in [3.63, 3.8) is 0 Å². The van der Waals surface area contributed by atoms with E-state index in [1.165, 1.54) is 27.4 Å². The maximum Gasteiger partial charge on any atom is 0.263 e. The molecule has 0 radical (unpaired) electrons. The summed E-state index contributed by atoms with van der Waals surface area (Å²) in [5.41, 5.74) is 0.864. The van der Waals surface area contributed by atoms with Gasteiger partial charge in [0.1, 0.15) is 4.32 Å². The number of carbonyl (C=O) groups excluding carboxylic acids is 1. The van der Waals surface area contributed by atoms with Crippen molar-refractivity contribution in [3.8, 4) is 11.5 Å². The highest BCUT2D eigenvalue weighted by Gasteiger charge is 2.22. The first-order valence-corrected chi connectivity index (χ1v) is 12.1. The molecule has 0 aliphatic carbocycles. The number of fused-ring (bicyclic) bond motifs is 1. The van der Waals surface area contributed by atoms with Crippen LogP contribution >= 0.6 is 35.7 Å². The molecule has 1 aliphatic rings. The van der Waals surface area contributed by atoms with Crippen molar-refractivity contribution in [2.24, 2.45) is 0 Å². The van der Waals surface area contributed by atoms with E-state index < -0.39 is 0 Å². The van der Waals surface area contributed by atoms with E-state index in [9.17, 15) is 4.79 Å². The van der Waals surface area contributed by atoms with Crippen LogP contribution in [0.15, 0.2) is 70.5 Å². The Morgan fingerprint density at radius 3 is 2.71 bits per heavy atom. The molecule has 0 atom stereocenters. The first kappa shape index (κ1) is 21.7. The number of hydrogen-bond acceptors (Lipinski definition) is 6. The lowest BCUT2D eigenvalue weighted by Gasteiger charge is -2.13. The van der Waals surface area contributed by atoms with Crippen LogP contribution in [0.4, 0.5) is 0 Å². The molecule has 0 saturated carbocycles. The average molecular weight is 468 g/mol. The molecule has 4 nitrogen and oxygen atoms in total. The zero-order chi connectivity index (χ0) is 21.6. The molecule has 3 aromatic rings. The van der Waals surface area contributed by atoms with Gasteiger partial charge >= 0.3 is 0 Å². The fourth-order valence-corrected chi connectivity index (χ4v) is 5.15. The van der Waals surface area contributed by atoms with E-state index in [1.807, 2.05) is 31.2 Å². The zero-order valence-electron chi connectivity index (χ0n) is 16.9. The number of amides is 1. The average Bonchev–Trinajstić information content (AvgIpc) is 3.09. The molecule has 158 valence electrons. The van der Waals surface area contributed by atoms with Crippen LogP contribution in [0.2, 0.25) is 0 Å². The van der Waals surface area contributed by atoms with Crippen LogP contribution in [0, 0.1) is 0 Å². The van der Waals surface area contributed by atoms with Crippen LogP contribution in [-0.4, -0.2) is 29.2 Å². The first-order chi connectivity index (χ1) is 15.1. The van der Waals surface area contributed by atoms with Crippen molar-refractivity contribution < 1.29 is 14.3 Å². The van der Waals surface area contributed by atoms with Crippen molar-refractivity contribution in [3.05, 3.63) is 71.1 Å². The molecule has 7 heteroatoms. The van der Waals surface area contributed by atoms with Crippen LogP contribution in [0.25, 0.3) is 16.8 Å². The summed E-state index contributed by atoms with van der Waals surface area (Å²) in [6.45, 7) is 3.02. The number of rotatable bonds is 8. The van der Waals surface area contributed by atoms with Crippen molar-refractivity contribution in [2.75, 3.05) is 19.0 Å². The lowest BCUT2D eigenvalue weighted by atomic mass is 10.1. The van der Waals surface area contributed by atoms with Gasteiger partial charge in [-0.3, -0.25) is 4.79 Å². The van der Waals surface area contributed by atoms with E-state index in [-0.39, 0.29) is 5.91 Å². The largest absolute Gasteiger partial charge is 0.490 e. The topological polar surface area (TPSA) is 47.6 Å². The molecule has 0 aromatic heterocycles. The van der Waals surface area contributed by atoms with Gasteiger partial charge in [-0.2, -0.15) is 0 Å². The summed E-state index contributed by atoms with van der Waals surface area (Å²) in [6, 6.07) is 20.4. The molecule has 0 spiro atoms. The van der Waals surface area contributed by atoms with E-state index in [0.717, 1.165) is 11.3 Å². The van der Waals surface area contributed by atoms with Gasteiger partial charge in [0.15, 0.2) is 11.5 Å².